The molecule has 0 bridgehead atoms. The zero-order chi connectivity index (χ0) is 32.6. The molecular weight excluding hydrogens is 584 g/mol. The molecule has 3 aromatic rings. The largest absolute Gasteiger partial charge is 0.497 e. The SMILES string of the molecule is COc1cccc(CNC[C@@H](O)[C@H](Cc2ccccc2)NC(=O)[C@@H](CCC(=O)N2CCCCC2)NC(=O)OCc2ccccc2)c1. The fraction of sp³-hybridized carbons (Fsp3) is 0.417. The summed E-state index contributed by atoms with van der Waals surface area (Å²) in [5.74, 6) is 0.212. The second-order valence-electron chi connectivity index (χ2n) is 11.6. The van der Waals surface area contributed by atoms with Crippen LogP contribution in [0.4, 0.5) is 4.79 Å². The van der Waals surface area contributed by atoms with Gasteiger partial charge >= 0.3 is 6.09 Å². The molecule has 3 atom stereocenters. The first kappa shape index (κ1) is 34.5. The molecule has 3 amide bonds. The van der Waals surface area contributed by atoms with Crippen molar-refractivity contribution in [2.45, 2.75) is 69.9 Å². The first-order chi connectivity index (χ1) is 22.4. The first-order valence-corrected chi connectivity index (χ1v) is 16.0. The Kier molecular flexibility index (Phi) is 13.9. The monoisotopic (exact) mass is 630 g/mol. The van der Waals surface area contributed by atoms with Crippen molar-refractivity contribution in [3.8, 4) is 5.75 Å². The van der Waals surface area contributed by atoms with Gasteiger partial charge < -0.3 is 35.4 Å². The molecule has 0 aliphatic carbocycles. The van der Waals surface area contributed by atoms with Gasteiger partial charge in [-0.1, -0.05) is 72.8 Å². The number of amides is 3. The smallest absolute Gasteiger partial charge is 0.408 e. The number of nitrogens with one attached hydrogen (secondary N) is 3. The van der Waals surface area contributed by atoms with Crippen LogP contribution in [0.1, 0.15) is 48.8 Å². The molecule has 1 aliphatic heterocycles. The third-order valence-electron chi connectivity index (χ3n) is 8.08. The minimum atomic E-state index is -1.03. The number of ether oxygens (including phenoxy) is 2. The predicted octanol–water partition coefficient (Wildman–Crippen LogP) is 3.96. The number of nitrogens with zero attached hydrogens (tertiary/aromatic N) is 1. The van der Waals surface area contributed by atoms with E-state index in [-0.39, 0.29) is 31.9 Å². The number of hydrogen-bond acceptors (Lipinski definition) is 7. The van der Waals surface area contributed by atoms with E-state index in [1.165, 1.54) is 0 Å². The van der Waals surface area contributed by atoms with Crippen LogP contribution >= 0.6 is 0 Å². The molecule has 0 unspecified atom stereocenters. The minimum Gasteiger partial charge on any atom is -0.497 e. The standard InChI is InChI=1S/C36H46N4O6/c1-45-30-17-11-16-29(22-30)24-37-25-33(41)32(23-27-12-5-2-6-13-27)38-35(43)31(18-19-34(42)40-20-9-4-10-21-40)39-36(44)46-26-28-14-7-3-8-15-28/h2-3,5-8,11-17,22,31-33,37,41H,4,9-10,18-21,23-26H2,1H3,(H,38,43)(H,39,44)/t31-,32+,33-/m1/s1. The van der Waals surface area contributed by atoms with Crippen molar-refractivity contribution in [1.82, 2.24) is 20.9 Å². The van der Waals surface area contributed by atoms with Crippen molar-refractivity contribution < 1.29 is 29.0 Å². The third-order valence-corrected chi connectivity index (χ3v) is 8.08. The Bertz CT molecular complexity index is 1370. The van der Waals surface area contributed by atoms with Crippen molar-refractivity contribution >= 4 is 17.9 Å². The van der Waals surface area contributed by atoms with Gasteiger partial charge in [-0.15, -0.1) is 0 Å². The van der Waals surface area contributed by atoms with Crippen LogP contribution in [0.25, 0.3) is 0 Å². The van der Waals surface area contributed by atoms with Crippen molar-refractivity contribution in [2.75, 3.05) is 26.7 Å². The molecule has 4 rings (SSSR count). The second-order valence-corrected chi connectivity index (χ2v) is 11.6. The Hall–Kier alpha value is -4.41. The van der Waals surface area contributed by atoms with Crippen LogP contribution in [0.5, 0.6) is 5.75 Å². The highest BCUT2D eigenvalue weighted by Crippen LogP contribution is 2.14. The van der Waals surface area contributed by atoms with Gasteiger partial charge in [0, 0.05) is 32.6 Å². The molecule has 1 saturated heterocycles. The Balaban J connectivity index is 1.42. The number of piperidine rings is 1. The number of likely N-dealkylation sites (tertiary alicyclic amines) is 1. The van der Waals surface area contributed by atoms with E-state index in [1.807, 2.05) is 89.8 Å². The summed E-state index contributed by atoms with van der Waals surface area (Å²) < 4.78 is 10.7. The lowest BCUT2D eigenvalue weighted by atomic mass is 9.99. The lowest BCUT2D eigenvalue weighted by Crippen LogP contribution is -2.55. The number of hydrogen-bond donors (Lipinski definition) is 4. The van der Waals surface area contributed by atoms with Gasteiger partial charge in [-0.3, -0.25) is 9.59 Å². The maximum Gasteiger partial charge on any atom is 0.408 e. The van der Waals surface area contributed by atoms with Gasteiger partial charge in [-0.25, -0.2) is 4.79 Å². The maximum absolute atomic E-state index is 13.8. The van der Waals surface area contributed by atoms with E-state index in [1.54, 1.807) is 7.11 Å². The number of aliphatic hydroxyl groups is 1. The minimum absolute atomic E-state index is 0.0421. The molecule has 1 heterocycles. The predicted molar refractivity (Wildman–Crippen MR) is 176 cm³/mol. The van der Waals surface area contributed by atoms with Gasteiger partial charge in [0.25, 0.3) is 0 Å². The Morgan fingerprint density at radius 1 is 0.848 bits per heavy atom. The molecule has 10 nitrogen and oxygen atoms in total. The number of aliphatic hydroxyl groups excluding tert-OH is 1. The summed E-state index contributed by atoms with van der Waals surface area (Å²) >= 11 is 0. The summed E-state index contributed by atoms with van der Waals surface area (Å²) in [6.45, 7) is 2.16. The highest BCUT2D eigenvalue weighted by Gasteiger charge is 2.29. The number of carbonyl (C=O) groups is 3. The number of methoxy groups -OCH3 is 1. The van der Waals surface area contributed by atoms with E-state index in [9.17, 15) is 19.5 Å². The zero-order valence-corrected chi connectivity index (χ0v) is 26.5. The molecule has 1 fully saturated rings. The fourth-order valence-electron chi connectivity index (χ4n) is 5.47. The molecule has 0 radical (unpaired) electrons. The van der Waals surface area contributed by atoms with E-state index in [0.29, 0.717) is 26.1 Å². The van der Waals surface area contributed by atoms with Crippen LogP contribution in [0.2, 0.25) is 0 Å². The van der Waals surface area contributed by atoms with Crippen LogP contribution in [0, 0.1) is 0 Å². The van der Waals surface area contributed by atoms with E-state index in [4.69, 9.17) is 9.47 Å². The molecule has 246 valence electrons. The number of benzene rings is 3. The van der Waals surface area contributed by atoms with Crippen LogP contribution in [0.15, 0.2) is 84.9 Å². The topological polar surface area (TPSA) is 129 Å². The van der Waals surface area contributed by atoms with E-state index >= 15 is 0 Å². The van der Waals surface area contributed by atoms with Gasteiger partial charge in [0.15, 0.2) is 0 Å². The quantitative estimate of drug-likeness (QED) is 0.189. The summed E-state index contributed by atoms with van der Waals surface area (Å²) in [7, 11) is 1.61. The van der Waals surface area contributed by atoms with Crippen molar-refractivity contribution in [3.63, 3.8) is 0 Å². The van der Waals surface area contributed by atoms with Gasteiger partial charge in [0.2, 0.25) is 11.8 Å². The Labute approximate surface area is 271 Å². The molecule has 10 heteroatoms. The lowest BCUT2D eigenvalue weighted by Gasteiger charge is -2.29. The molecule has 3 aromatic carbocycles. The van der Waals surface area contributed by atoms with Crippen molar-refractivity contribution in [1.29, 1.82) is 0 Å². The molecule has 1 aliphatic rings. The average molecular weight is 631 g/mol. The fourth-order valence-corrected chi connectivity index (χ4v) is 5.47. The highest BCUT2D eigenvalue weighted by molar-refractivity contribution is 5.87. The number of carbonyl (C=O) groups excluding carboxylic acids is 3. The molecule has 46 heavy (non-hydrogen) atoms. The Morgan fingerprint density at radius 2 is 1.52 bits per heavy atom. The number of alkyl carbamates (subject to hydrolysis) is 1. The molecule has 0 saturated carbocycles. The summed E-state index contributed by atoms with van der Waals surface area (Å²) in [5, 5.41) is 20.2. The van der Waals surface area contributed by atoms with Gasteiger partial charge in [0.05, 0.1) is 19.3 Å². The van der Waals surface area contributed by atoms with Crippen LogP contribution < -0.4 is 20.7 Å². The zero-order valence-electron chi connectivity index (χ0n) is 26.5. The maximum atomic E-state index is 13.8. The van der Waals surface area contributed by atoms with Gasteiger partial charge in [-0.2, -0.15) is 0 Å². The molecule has 0 spiro atoms. The lowest BCUT2D eigenvalue weighted by molar-refractivity contribution is -0.132. The highest BCUT2D eigenvalue weighted by atomic mass is 16.5. The summed E-state index contributed by atoms with van der Waals surface area (Å²) in [6, 6.07) is 24.8. The number of rotatable bonds is 16. The summed E-state index contributed by atoms with van der Waals surface area (Å²) in [4.78, 5) is 41.4. The van der Waals surface area contributed by atoms with E-state index in [0.717, 1.165) is 41.7 Å². The molecule has 0 aromatic heterocycles. The summed E-state index contributed by atoms with van der Waals surface area (Å²) in [6.07, 6.45) is 1.89. The van der Waals surface area contributed by atoms with E-state index < -0.39 is 30.2 Å². The van der Waals surface area contributed by atoms with Crippen LogP contribution in [0.3, 0.4) is 0 Å². The van der Waals surface area contributed by atoms with Crippen molar-refractivity contribution in [3.05, 3.63) is 102 Å². The van der Waals surface area contributed by atoms with Gasteiger partial charge in [0.1, 0.15) is 18.4 Å². The van der Waals surface area contributed by atoms with Crippen molar-refractivity contribution in [2.24, 2.45) is 0 Å². The van der Waals surface area contributed by atoms with Gasteiger partial charge in [-0.05, 0) is 60.9 Å². The van der Waals surface area contributed by atoms with Crippen LogP contribution in [-0.4, -0.2) is 72.8 Å². The Morgan fingerprint density at radius 3 is 2.22 bits per heavy atom. The van der Waals surface area contributed by atoms with E-state index in [2.05, 4.69) is 16.0 Å². The third kappa shape index (κ3) is 11.5. The molecular formula is C36H46N4O6. The van der Waals surface area contributed by atoms with Crippen LogP contribution in [-0.2, 0) is 33.9 Å². The normalized spacial score (nSPS) is 14.9. The summed E-state index contributed by atoms with van der Waals surface area (Å²) in [5.41, 5.74) is 2.74. The first-order valence-electron chi connectivity index (χ1n) is 16.0. The average Bonchev–Trinajstić information content (AvgIpc) is 3.10. The second kappa shape index (κ2) is 18.5. The molecule has 4 N–H and O–H groups in total.